The minimum absolute atomic E-state index is 0.571. The smallest absolute Gasteiger partial charge is 0.255 e. The zero-order valence-corrected chi connectivity index (χ0v) is 6.53. The summed E-state index contributed by atoms with van der Waals surface area (Å²) in [6.07, 6.45) is -2.53. The summed E-state index contributed by atoms with van der Waals surface area (Å²) in [5, 5.41) is 2.01. The SMILES string of the molecule is CC(C)(N)C(=O)NCC(F)F. The van der Waals surface area contributed by atoms with Crippen LogP contribution in [0.3, 0.4) is 0 Å². The van der Waals surface area contributed by atoms with Gasteiger partial charge in [-0.2, -0.15) is 0 Å². The lowest BCUT2D eigenvalue weighted by molar-refractivity contribution is -0.125. The molecule has 0 aliphatic rings. The molecule has 0 radical (unpaired) electrons. The van der Waals surface area contributed by atoms with E-state index in [0.29, 0.717) is 0 Å². The van der Waals surface area contributed by atoms with Crippen LogP contribution in [0.2, 0.25) is 0 Å². The molecule has 0 aliphatic heterocycles. The van der Waals surface area contributed by atoms with Gasteiger partial charge in [0.25, 0.3) is 6.43 Å². The van der Waals surface area contributed by atoms with Crippen molar-refractivity contribution in [1.29, 1.82) is 0 Å². The molecule has 11 heavy (non-hydrogen) atoms. The summed E-state index contributed by atoms with van der Waals surface area (Å²) in [4.78, 5) is 10.8. The molecule has 0 aromatic heterocycles. The summed E-state index contributed by atoms with van der Waals surface area (Å²) in [5.41, 5.74) is 4.22. The predicted molar refractivity (Wildman–Crippen MR) is 37.3 cm³/mol. The number of nitrogens with one attached hydrogen (secondary N) is 1. The van der Waals surface area contributed by atoms with Crippen LogP contribution in [0.15, 0.2) is 0 Å². The van der Waals surface area contributed by atoms with E-state index in [4.69, 9.17) is 5.73 Å². The van der Waals surface area contributed by atoms with Crippen LogP contribution in [0, 0.1) is 0 Å². The molecule has 0 aromatic rings. The van der Waals surface area contributed by atoms with E-state index in [1.165, 1.54) is 13.8 Å². The van der Waals surface area contributed by atoms with Gasteiger partial charge in [0.15, 0.2) is 0 Å². The van der Waals surface area contributed by atoms with E-state index in [2.05, 4.69) is 0 Å². The first-order valence-corrected chi connectivity index (χ1v) is 3.19. The Balaban J connectivity index is 3.71. The number of amides is 1. The maximum absolute atomic E-state index is 11.5. The molecule has 0 heterocycles. The number of alkyl halides is 2. The lowest BCUT2D eigenvalue weighted by atomic mass is 10.1. The van der Waals surface area contributed by atoms with Crippen LogP contribution in [-0.4, -0.2) is 24.4 Å². The second-order valence-electron chi connectivity index (χ2n) is 2.82. The number of rotatable bonds is 3. The minimum atomic E-state index is -2.53. The third kappa shape index (κ3) is 4.66. The van der Waals surface area contributed by atoms with E-state index in [1.807, 2.05) is 5.32 Å². The molecule has 0 fully saturated rings. The van der Waals surface area contributed by atoms with Crippen LogP contribution < -0.4 is 11.1 Å². The summed E-state index contributed by atoms with van der Waals surface area (Å²) >= 11 is 0. The molecule has 66 valence electrons. The van der Waals surface area contributed by atoms with Crippen LogP contribution in [0.4, 0.5) is 8.78 Å². The lowest BCUT2D eigenvalue weighted by Crippen LogP contribution is -2.50. The maximum atomic E-state index is 11.5. The van der Waals surface area contributed by atoms with Crippen molar-refractivity contribution in [1.82, 2.24) is 5.32 Å². The van der Waals surface area contributed by atoms with Gasteiger partial charge in [-0.15, -0.1) is 0 Å². The summed E-state index contributed by atoms with van der Waals surface area (Å²) in [6, 6.07) is 0. The fourth-order valence-electron chi connectivity index (χ4n) is 0.398. The van der Waals surface area contributed by atoms with Gasteiger partial charge < -0.3 is 11.1 Å². The fraction of sp³-hybridized carbons (Fsp3) is 0.833. The van der Waals surface area contributed by atoms with Gasteiger partial charge in [-0.25, -0.2) is 8.78 Å². The van der Waals surface area contributed by atoms with Crippen molar-refractivity contribution in [3.05, 3.63) is 0 Å². The Kier molecular flexibility index (Phi) is 3.38. The third-order valence-electron chi connectivity index (χ3n) is 1.00. The van der Waals surface area contributed by atoms with Gasteiger partial charge >= 0.3 is 0 Å². The first kappa shape index (κ1) is 10.3. The van der Waals surface area contributed by atoms with Crippen molar-refractivity contribution in [3.63, 3.8) is 0 Å². The molecule has 0 aliphatic carbocycles. The zero-order chi connectivity index (χ0) is 9.07. The van der Waals surface area contributed by atoms with Crippen LogP contribution in [0.1, 0.15) is 13.8 Å². The Hall–Kier alpha value is -0.710. The predicted octanol–water partition coefficient (Wildman–Crippen LogP) is 0.105. The summed E-state index contributed by atoms with van der Waals surface area (Å²) in [6.45, 7) is 2.26. The van der Waals surface area contributed by atoms with Gasteiger partial charge in [-0.05, 0) is 13.8 Å². The van der Waals surface area contributed by atoms with Gasteiger partial charge in [0, 0.05) is 0 Å². The highest BCUT2D eigenvalue weighted by atomic mass is 19.3. The fourth-order valence-corrected chi connectivity index (χ4v) is 0.398. The molecule has 1 amide bonds. The van der Waals surface area contributed by atoms with Crippen LogP contribution in [-0.2, 0) is 4.79 Å². The van der Waals surface area contributed by atoms with Crippen molar-refractivity contribution < 1.29 is 13.6 Å². The molecular formula is C6H12F2N2O. The highest BCUT2D eigenvalue weighted by molar-refractivity contribution is 5.84. The molecule has 0 rings (SSSR count). The zero-order valence-electron chi connectivity index (χ0n) is 6.53. The first-order valence-electron chi connectivity index (χ1n) is 3.19. The molecular weight excluding hydrogens is 154 g/mol. The van der Waals surface area contributed by atoms with E-state index in [9.17, 15) is 13.6 Å². The van der Waals surface area contributed by atoms with Gasteiger partial charge in [-0.3, -0.25) is 4.79 Å². The minimum Gasteiger partial charge on any atom is -0.349 e. The van der Waals surface area contributed by atoms with Crippen LogP contribution in [0.25, 0.3) is 0 Å². The molecule has 5 heteroatoms. The molecule has 0 unspecified atom stereocenters. The Morgan fingerprint density at radius 3 is 2.36 bits per heavy atom. The van der Waals surface area contributed by atoms with Crippen molar-refractivity contribution in [2.75, 3.05) is 6.54 Å². The summed E-state index contributed by atoms with van der Waals surface area (Å²) in [7, 11) is 0. The molecule has 0 spiro atoms. The highest BCUT2D eigenvalue weighted by Gasteiger charge is 2.21. The molecule has 0 bridgehead atoms. The lowest BCUT2D eigenvalue weighted by Gasteiger charge is -2.17. The Labute approximate surface area is 63.9 Å². The van der Waals surface area contributed by atoms with Crippen molar-refractivity contribution >= 4 is 5.91 Å². The van der Waals surface area contributed by atoms with E-state index in [0.717, 1.165) is 0 Å². The molecule has 3 N–H and O–H groups in total. The largest absolute Gasteiger partial charge is 0.349 e. The molecule has 0 aromatic carbocycles. The number of carbonyl (C=O) groups excluding carboxylic acids is 1. The third-order valence-corrected chi connectivity index (χ3v) is 1.00. The van der Waals surface area contributed by atoms with Crippen LogP contribution in [0.5, 0.6) is 0 Å². The number of nitrogens with two attached hydrogens (primary N) is 1. The number of hydrogen-bond acceptors (Lipinski definition) is 2. The average Bonchev–Trinajstić information content (AvgIpc) is 1.80. The maximum Gasteiger partial charge on any atom is 0.255 e. The molecule has 0 atom stereocenters. The van der Waals surface area contributed by atoms with Crippen LogP contribution >= 0.6 is 0 Å². The number of halogens is 2. The van der Waals surface area contributed by atoms with Crippen molar-refractivity contribution in [3.8, 4) is 0 Å². The molecule has 3 nitrogen and oxygen atoms in total. The van der Waals surface area contributed by atoms with Gasteiger partial charge in [-0.1, -0.05) is 0 Å². The highest BCUT2D eigenvalue weighted by Crippen LogP contribution is 1.96. The van der Waals surface area contributed by atoms with Gasteiger partial charge in [0.1, 0.15) is 0 Å². The number of hydrogen-bond donors (Lipinski definition) is 2. The Morgan fingerprint density at radius 1 is 1.64 bits per heavy atom. The van der Waals surface area contributed by atoms with Gasteiger partial charge in [0.05, 0.1) is 12.1 Å². The Bertz CT molecular complexity index is 142. The summed E-state index contributed by atoms with van der Waals surface area (Å²) in [5.74, 6) is -0.571. The van der Waals surface area contributed by atoms with E-state index >= 15 is 0 Å². The Morgan fingerprint density at radius 2 is 2.09 bits per heavy atom. The number of carbonyl (C=O) groups is 1. The van der Waals surface area contributed by atoms with E-state index < -0.39 is 24.4 Å². The topological polar surface area (TPSA) is 55.1 Å². The van der Waals surface area contributed by atoms with Gasteiger partial charge in [0.2, 0.25) is 5.91 Å². The van der Waals surface area contributed by atoms with E-state index in [-0.39, 0.29) is 0 Å². The normalized spacial score (nSPS) is 11.8. The average molecular weight is 166 g/mol. The molecule has 0 saturated carbocycles. The first-order chi connectivity index (χ1) is 4.84. The van der Waals surface area contributed by atoms with E-state index in [1.54, 1.807) is 0 Å². The quantitative estimate of drug-likeness (QED) is 0.625. The second kappa shape index (κ2) is 3.61. The van der Waals surface area contributed by atoms with Crippen molar-refractivity contribution in [2.24, 2.45) is 5.73 Å². The molecule has 0 saturated heterocycles. The second-order valence-corrected chi connectivity index (χ2v) is 2.82. The standard InChI is InChI=1S/C6H12F2N2O/c1-6(2,9)5(11)10-3-4(7)8/h4H,3,9H2,1-2H3,(H,10,11). The summed E-state index contributed by atoms with van der Waals surface area (Å²) < 4.78 is 23.1. The monoisotopic (exact) mass is 166 g/mol. The van der Waals surface area contributed by atoms with Crippen molar-refractivity contribution in [2.45, 2.75) is 25.8 Å².